The van der Waals surface area contributed by atoms with Crippen molar-refractivity contribution in [1.29, 1.82) is 0 Å². The molecule has 0 radical (unpaired) electrons. The van der Waals surface area contributed by atoms with Gasteiger partial charge in [-0.1, -0.05) is 42.2 Å². The molecular weight excluding hydrogens is 608 g/mol. The van der Waals surface area contributed by atoms with E-state index in [1.165, 1.54) is 4.52 Å². The number of carbonyl (C=O) groups excluding carboxylic acids is 1. The van der Waals surface area contributed by atoms with Gasteiger partial charge in [-0.2, -0.15) is 5.10 Å². The number of rotatable bonds is 4. The fourth-order valence-corrected chi connectivity index (χ4v) is 5.94. The Labute approximate surface area is 255 Å². The summed E-state index contributed by atoms with van der Waals surface area (Å²) in [6.07, 6.45) is 3.42. The maximum atomic E-state index is 14.4. The first-order chi connectivity index (χ1) is 20.7. The Morgan fingerprint density at radius 3 is 2.51 bits per heavy atom. The predicted octanol–water partition coefficient (Wildman–Crippen LogP) is 4.62. The molecule has 6 rings (SSSR count). The molecule has 0 aliphatic heterocycles. The number of hydrogen-bond acceptors (Lipinski definition) is 6. The molecule has 4 aromatic heterocycles. The first-order valence-electron chi connectivity index (χ1n) is 13.5. The van der Waals surface area contributed by atoms with E-state index in [2.05, 4.69) is 48.3 Å². The van der Waals surface area contributed by atoms with Crippen LogP contribution in [0.5, 0.6) is 0 Å². The molecule has 0 bridgehead atoms. The summed E-state index contributed by atoms with van der Waals surface area (Å²) in [6, 6.07) is 16.0. The zero-order valence-electron chi connectivity index (χ0n) is 23.9. The molecule has 11 heteroatoms. The molecule has 6 aromatic rings. The van der Waals surface area contributed by atoms with Gasteiger partial charge < -0.3 is 11.1 Å². The van der Waals surface area contributed by atoms with Crippen LogP contribution in [0.15, 0.2) is 76.3 Å². The highest BCUT2D eigenvalue weighted by molar-refractivity contribution is 9.10. The number of hydrogen-bond donors (Lipinski definition) is 2. The Balaban J connectivity index is 1.52. The van der Waals surface area contributed by atoms with Crippen LogP contribution in [0.3, 0.4) is 0 Å². The van der Waals surface area contributed by atoms with Crippen LogP contribution in [-0.2, 0) is 7.05 Å². The number of nitrogen functional groups attached to an aromatic ring is 1. The first-order valence-corrected chi connectivity index (χ1v) is 14.3. The van der Waals surface area contributed by atoms with Gasteiger partial charge in [0.15, 0.2) is 11.5 Å². The number of aryl methyl sites for hydroxylation is 2. The van der Waals surface area contributed by atoms with E-state index in [1.54, 1.807) is 27.7 Å². The van der Waals surface area contributed by atoms with Crippen LogP contribution in [0, 0.1) is 25.7 Å². The molecule has 0 fully saturated rings. The van der Waals surface area contributed by atoms with Gasteiger partial charge in [-0.25, -0.2) is 9.50 Å². The zero-order valence-corrected chi connectivity index (χ0v) is 25.5. The maximum Gasteiger partial charge on any atom is 0.264 e. The van der Waals surface area contributed by atoms with Gasteiger partial charge in [0, 0.05) is 40.0 Å². The molecule has 10 nitrogen and oxygen atoms in total. The van der Waals surface area contributed by atoms with Gasteiger partial charge in [-0.3, -0.25) is 18.8 Å². The Kier molecular flexibility index (Phi) is 7.07. The minimum atomic E-state index is -0.633. The molecule has 214 valence electrons. The molecule has 0 spiro atoms. The van der Waals surface area contributed by atoms with E-state index < -0.39 is 11.9 Å². The average Bonchev–Trinajstić information content (AvgIpc) is 3.50. The van der Waals surface area contributed by atoms with Crippen molar-refractivity contribution in [2.24, 2.45) is 7.05 Å². The van der Waals surface area contributed by atoms with E-state index in [1.807, 2.05) is 76.3 Å². The van der Waals surface area contributed by atoms with Gasteiger partial charge in [0.1, 0.15) is 5.56 Å². The van der Waals surface area contributed by atoms with Crippen LogP contribution in [0.2, 0.25) is 0 Å². The summed E-state index contributed by atoms with van der Waals surface area (Å²) in [5, 5.41) is 12.7. The fourth-order valence-electron chi connectivity index (χ4n) is 5.09. The minimum Gasteiger partial charge on any atom is -0.381 e. The average molecular weight is 636 g/mol. The van der Waals surface area contributed by atoms with Crippen molar-refractivity contribution in [3.05, 3.63) is 116 Å². The van der Waals surface area contributed by atoms with Gasteiger partial charge in [0.25, 0.3) is 11.5 Å². The summed E-state index contributed by atoms with van der Waals surface area (Å²) in [7, 11) is 1.86. The van der Waals surface area contributed by atoms with Gasteiger partial charge in [0.2, 0.25) is 0 Å². The van der Waals surface area contributed by atoms with Crippen LogP contribution in [0.25, 0.3) is 22.1 Å². The number of nitrogens with zero attached hydrogens (tertiary/aromatic N) is 6. The quantitative estimate of drug-likeness (QED) is 0.273. The van der Waals surface area contributed by atoms with E-state index in [4.69, 9.17) is 5.73 Å². The first kappa shape index (κ1) is 27.9. The van der Waals surface area contributed by atoms with Crippen LogP contribution < -0.4 is 16.6 Å². The number of anilines is 1. The van der Waals surface area contributed by atoms with Crippen LogP contribution >= 0.6 is 15.9 Å². The van der Waals surface area contributed by atoms with Crippen molar-refractivity contribution in [2.75, 3.05) is 5.73 Å². The highest BCUT2D eigenvalue weighted by Gasteiger charge is 2.26. The third-order valence-corrected chi connectivity index (χ3v) is 8.23. The molecule has 43 heavy (non-hydrogen) atoms. The minimum absolute atomic E-state index is 0.0629. The van der Waals surface area contributed by atoms with Crippen molar-refractivity contribution >= 4 is 44.1 Å². The highest BCUT2D eigenvalue weighted by Crippen LogP contribution is 2.33. The summed E-state index contributed by atoms with van der Waals surface area (Å²) in [4.78, 5) is 32.5. The molecule has 0 saturated heterocycles. The van der Waals surface area contributed by atoms with Crippen LogP contribution in [0.4, 0.5) is 5.82 Å². The second-order valence-electron chi connectivity index (χ2n) is 10.2. The molecule has 0 aliphatic carbocycles. The van der Waals surface area contributed by atoms with Crippen LogP contribution in [0.1, 0.15) is 51.5 Å². The monoisotopic (exact) mass is 634 g/mol. The lowest BCUT2D eigenvalue weighted by Crippen LogP contribution is -2.33. The second kappa shape index (κ2) is 10.9. The van der Waals surface area contributed by atoms with Crippen LogP contribution in [-0.4, -0.2) is 34.9 Å². The number of nitrogens with two attached hydrogens (primary N) is 1. The predicted molar refractivity (Wildman–Crippen MR) is 169 cm³/mol. The molecule has 2 aromatic carbocycles. The molecular formula is C32H27BrN8O2. The van der Waals surface area contributed by atoms with Crippen molar-refractivity contribution in [1.82, 2.24) is 34.3 Å². The molecule has 1 unspecified atom stereocenters. The highest BCUT2D eigenvalue weighted by atomic mass is 79.9. The van der Waals surface area contributed by atoms with Crippen molar-refractivity contribution in [3.63, 3.8) is 0 Å². The van der Waals surface area contributed by atoms with E-state index in [9.17, 15) is 9.59 Å². The summed E-state index contributed by atoms with van der Waals surface area (Å²) < 4.78 is 5.50. The van der Waals surface area contributed by atoms with Crippen molar-refractivity contribution in [2.45, 2.75) is 26.8 Å². The summed E-state index contributed by atoms with van der Waals surface area (Å²) >= 11 is 3.79. The third-order valence-electron chi connectivity index (χ3n) is 7.40. The lowest BCUT2D eigenvalue weighted by molar-refractivity contribution is 0.0941. The Morgan fingerprint density at radius 2 is 1.79 bits per heavy atom. The number of pyridine rings is 1. The smallest absolute Gasteiger partial charge is 0.264 e. The van der Waals surface area contributed by atoms with Gasteiger partial charge in [-0.15, -0.1) is 5.10 Å². The maximum absolute atomic E-state index is 14.4. The van der Waals surface area contributed by atoms with Crippen molar-refractivity contribution < 1.29 is 4.79 Å². The van der Waals surface area contributed by atoms with E-state index in [-0.39, 0.29) is 16.9 Å². The summed E-state index contributed by atoms with van der Waals surface area (Å²) in [5.74, 6) is 5.97. The number of benzene rings is 2. The summed E-state index contributed by atoms with van der Waals surface area (Å²) in [6.45, 7) is 5.59. The van der Waals surface area contributed by atoms with E-state index in [0.717, 1.165) is 17.0 Å². The molecule has 0 saturated carbocycles. The number of nitrogens with one attached hydrogen (secondary N) is 1. The standard InChI is InChI=1S/C32H27BrN8O2/c1-18-15-16-40-30(36-18)26(29(34)38-40)31(42)37-19(2)28-27(33)24-12-8-9-21(13-14-22-17-35-39(4)20(22)3)25(24)32(43)41(28)23-10-6-5-7-11-23/h5-12,15-17,19H,1-4H3,(H2,34,38)(H,37,42). The molecule has 3 N–H and O–H groups in total. The van der Waals surface area contributed by atoms with Gasteiger partial charge in [-0.05, 0) is 61.0 Å². The van der Waals surface area contributed by atoms with Gasteiger partial charge >= 0.3 is 0 Å². The molecule has 4 heterocycles. The molecule has 1 amide bonds. The van der Waals surface area contributed by atoms with Crippen molar-refractivity contribution in [3.8, 4) is 17.5 Å². The Hall–Kier alpha value is -5.21. The lowest BCUT2D eigenvalue weighted by atomic mass is 10.0. The topological polar surface area (TPSA) is 125 Å². The lowest BCUT2D eigenvalue weighted by Gasteiger charge is -2.23. The largest absolute Gasteiger partial charge is 0.381 e. The third kappa shape index (κ3) is 4.85. The number of aromatic nitrogens is 6. The second-order valence-corrected chi connectivity index (χ2v) is 11.0. The van der Waals surface area contributed by atoms with E-state index in [0.29, 0.717) is 37.8 Å². The summed E-state index contributed by atoms with van der Waals surface area (Å²) in [5.41, 5.74) is 10.6. The molecule has 1 atom stereocenters. The zero-order chi connectivity index (χ0) is 30.4. The normalized spacial score (nSPS) is 11.8. The van der Waals surface area contributed by atoms with Gasteiger partial charge in [0.05, 0.1) is 34.6 Å². The number of para-hydroxylation sites is 1. The van der Waals surface area contributed by atoms with E-state index >= 15 is 0 Å². The Bertz CT molecular complexity index is 2180. The fraction of sp³-hybridized carbons (Fsp3) is 0.156. The SMILES string of the molecule is Cc1ccn2nc(N)c(C(=O)NC(C)c3c(Br)c4cccc(C#Cc5cnn(C)c5C)c4c(=O)n3-c3ccccc3)c2n1. The number of carbonyl (C=O) groups is 1. The number of fused-ring (bicyclic) bond motifs is 2. The molecule has 0 aliphatic rings. The number of amides is 1. The number of halogens is 1. The Morgan fingerprint density at radius 1 is 1.05 bits per heavy atom.